The van der Waals surface area contributed by atoms with Crippen LogP contribution in [0.25, 0.3) is 0 Å². The Bertz CT molecular complexity index is 191. The lowest BCUT2D eigenvalue weighted by Gasteiger charge is -2.32. The topological polar surface area (TPSA) is 59.3 Å². The molecular weight excluding hydrogens is 166 g/mol. The Kier molecular flexibility index (Phi) is 1.83. The average Bonchev–Trinajstić information content (AvgIpc) is 2.63. The number of nitrogens with two attached hydrogens (primary N) is 1. The third kappa shape index (κ3) is 1.29. The zero-order chi connectivity index (χ0) is 8.84. The molecule has 4 atom stereocenters. The average molecular weight is 183 g/mol. The van der Waals surface area contributed by atoms with Gasteiger partial charge in [-0.05, 0) is 37.5 Å². The van der Waals surface area contributed by atoms with Gasteiger partial charge in [0.15, 0.2) is 0 Å². The fourth-order valence-electron chi connectivity index (χ4n) is 3.26. The van der Waals surface area contributed by atoms with Crippen LogP contribution < -0.4 is 16.7 Å². The van der Waals surface area contributed by atoms with Crippen LogP contribution in [-0.4, -0.2) is 18.1 Å². The molecule has 3 fully saturated rings. The number of hydrogen-bond donors (Lipinski definition) is 3. The minimum Gasteiger partial charge on any atom is -0.328 e. The van der Waals surface area contributed by atoms with Crippen molar-refractivity contribution in [3.8, 4) is 0 Å². The lowest BCUT2D eigenvalue weighted by molar-refractivity contribution is 0.00882. The molecule has 0 bridgehead atoms. The highest BCUT2D eigenvalue weighted by atomic mass is 16.8. The molecule has 13 heavy (non-hydrogen) atoms. The molecule has 1 heterocycles. The summed E-state index contributed by atoms with van der Waals surface area (Å²) in [5.41, 5.74) is 12.0. The fourth-order valence-corrected chi connectivity index (χ4v) is 3.26. The van der Waals surface area contributed by atoms with Gasteiger partial charge in [0.1, 0.15) is 0 Å². The van der Waals surface area contributed by atoms with Gasteiger partial charge in [-0.25, -0.2) is 4.94 Å². The van der Waals surface area contributed by atoms with Gasteiger partial charge in [-0.1, -0.05) is 0 Å². The van der Waals surface area contributed by atoms with Gasteiger partial charge >= 0.3 is 0 Å². The summed E-state index contributed by atoms with van der Waals surface area (Å²) in [5.74, 6) is 1.68. The molecule has 2 aliphatic carbocycles. The second-order valence-electron chi connectivity index (χ2n) is 4.77. The summed E-state index contributed by atoms with van der Waals surface area (Å²) in [6.07, 6.45) is 4.90. The maximum Gasteiger partial charge on any atom is 0.0520 e. The van der Waals surface area contributed by atoms with Crippen LogP contribution in [0.15, 0.2) is 0 Å². The molecule has 0 radical (unpaired) electrons. The Morgan fingerprint density at radius 3 is 2.00 bits per heavy atom. The van der Waals surface area contributed by atoms with Crippen molar-refractivity contribution >= 4 is 0 Å². The summed E-state index contributed by atoms with van der Waals surface area (Å²) in [6.45, 7) is 0. The second kappa shape index (κ2) is 2.92. The van der Waals surface area contributed by atoms with E-state index in [0.717, 1.165) is 11.8 Å². The van der Waals surface area contributed by atoms with Gasteiger partial charge in [0.2, 0.25) is 0 Å². The maximum absolute atomic E-state index is 5.97. The number of hydroxylamine groups is 2. The zero-order valence-electron chi connectivity index (χ0n) is 7.70. The van der Waals surface area contributed by atoms with E-state index in [-0.39, 0.29) is 0 Å². The van der Waals surface area contributed by atoms with Crippen molar-refractivity contribution in [2.24, 2.45) is 17.6 Å². The maximum atomic E-state index is 5.97. The van der Waals surface area contributed by atoms with E-state index in [0.29, 0.717) is 18.1 Å². The summed E-state index contributed by atoms with van der Waals surface area (Å²) >= 11 is 0. The van der Waals surface area contributed by atoms with Crippen LogP contribution in [0.4, 0.5) is 0 Å². The third-order valence-corrected chi connectivity index (χ3v) is 3.90. The van der Waals surface area contributed by atoms with Crippen molar-refractivity contribution in [3.05, 3.63) is 0 Å². The predicted octanol–water partition coefficient (Wildman–Crippen LogP) is -0.0897. The molecule has 3 rings (SSSR count). The van der Waals surface area contributed by atoms with Crippen LogP contribution in [0, 0.1) is 11.8 Å². The van der Waals surface area contributed by atoms with Crippen LogP contribution in [0.5, 0.6) is 0 Å². The minimum absolute atomic E-state index is 0.453. The van der Waals surface area contributed by atoms with Crippen molar-refractivity contribution < 1.29 is 4.94 Å². The smallest absolute Gasteiger partial charge is 0.0520 e. The quantitative estimate of drug-likeness (QED) is 0.491. The Balaban J connectivity index is 1.73. The highest BCUT2D eigenvalue weighted by Gasteiger charge is 2.44. The Labute approximate surface area is 78.1 Å². The van der Waals surface area contributed by atoms with E-state index in [9.17, 15) is 0 Å². The van der Waals surface area contributed by atoms with E-state index in [2.05, 4.69) is 11.0 Å². The largest absolute Gasteiger partial charge is 0.328 e. The van der Waals surface area contributed by atoms with Gasteiger partial charge in [-0.3, -0.25) is 0 Å². The lowest BCUT2D eigenvalue weighted by atomic mass is 9.77. The predicted molar refractivity (Wildman–Crippen MR) is 48.4 cm³/mol. The van der Waals surface area contributed by atoms with E-state index >= 15 is 0 Å². The molecule has 1 saturated heterocycles. The molecule has 1 aliphatic heterocycles. The molecule has 3 aliphatic rings. The van der Waals surface area contributed by atoms with Crippen LogP contribution in [0.2, 0.25) is 0 Å². The van der Waals surface area contributed by atoms with E-state index in [4.69, 9.17) is 10.7 Å². The molecule has 4 heteroatoms. The molecule has 0 aromatic carbocycles. The third-order valence-electron chi connectivity index (χ3n) is 3.90. The first-order valence-corrected chi connectivity index (χ1v) is 5.25. The van der Waals surface area contributed by atoms with Gasteiger partial charge in [-0.2, -0.15) is 11.0 Å². The molecule has 0 spiro atoms. The van der Waals surface area contributed by atoms with Gasteiger partial charge in [0.05, 0.1) is 12.1 Å². The first-order valence-electron chi connectivity index (χ1n) is 5.25. The van der Waals surface area contributed by atoms with E-state index in [1.54, 1.807) is 0 Å². The lowest BCUT2D eigenvalue weighted by Crippen LogP contribution is -2.42. The van der Waals surface area contributed by atoms with Crippen LogP contribution >= 0.6 is 0 Å². The Morgan fingerprint density at radius 2 is 1.46 bits per heavy atom. The minimum atomic E-state index is 0.453. The van der Waals surface area contributed by atoms with E-state index in [1.807, 2.05) is 0 Å². The molecule has 2 saturated carbocycles. The number of fused-ring (bicyclic) bond motifs is 2. The first-order chi connectivity index (χ1) is 6.33. The monoisotopic (exact) mass is 183 g/mol. The Morgan fingerprint density at radius 1 is 0.923 bits per heavy atom. The highest BCUT2D eigenvalue weighted by Crippen LogP contribution is 2.42. The summed E-state index contributed by atoms with van der Waals surface area (Å²) in [4.78, 5) is 5.05. The summed E-state index contributed by atoms with van der Waals surface area (Å²) < 4.78 is 0. The number of hydrogen-bond acceptors (Lipinski definition) is 4. The van der Waals surface area contributed by atoms with Crippen LogP contribution in [0.1, 0.15) is 25.7 Å². The normalized spacial score (nSPS) is 54.7. The summed E-state index contributed by atoms with van der Waals surface area (Å²) in [6, 6.07) is 1.49. The van der Waals surface area contributed by atoms with Gasteiger partial charge < -0.3 is 5.73 Å². The molecule has 4 N–H and O–H groups in total. The van der Waals surface area contributed by atoms with Crippen molar-refractivity contribution in [1.29, 1.82) is 0 Å². The second-order valence-corrected chi connectivity index (χ2v) is 4.77. The molecule has 0 aromatic heterocycles. The van der Waals surface area contributed by atoms with Crippen molar-refractivity contribution in [2.75, 3.05) is 0 Å². The summed E-state index contributed by atoms with van der Waals surface area (Å²) in [7, 11) is 0. The van der Waals surface area contributed by atoms with Gasteiger partial charge in [0.25, 0.3) is 0 Å². The van der Waals surface area contributed by atoms with Gasteiger partial charge in [0, 0.05) is 6.04 Å². The zero-order valence-corrected chi connectivity index (χ0v) is 7.70. The number of rotatable bonds is 0. The van der Waals surface area contributed by atoms with Crippen molar-refractivity contribution in [2.45, 2.75) is 43.8 Å². The van der Waals surface area contributed by atoms with E-state index < -0.39 is 0 Å². The number of nitrogens with one attached hydrogen (secondary N) is 2. The molecular formula is C9H17N3O. The standard InChI is InChI=1S/C9H17N3O/c10-7-1-5-3-8-9(12-13-11-8)4-6(5)2-7/h5-9,11-12H,1-4,10H2. The SMILES string of the molecule is NC1CC2CC3NONC3CC2C1. The Hall–Kier alpha value is -0.160. The molecule has 0 aromatic rings. The van der Waals surface area contributed by atoms with Gasteiger partial charge in [-0.15, -0.1) is 0 Å². The van der Waals surface area contributed by atoms with Crippen LogP contribution in [0.3, 0.4) is 0 Å². The highest BCUT2D eigenvalue weighted by molar-refractivity contribution is 4.98. The summed E-state index contributed by atoms with van der Waals surface area (Å²) in [5, 5.41) is 0. The first kappa shape index (κ1) is 8.17. The van der Waals surface area contributed by atoms with Crippen molar-refractivity contribution in [1.82, 2.24) is 11.0 Å². The molecule has 74 valence electrons. The fraction of sp³-hybridized carbons (Fsp3) is 1.00. The molecule has 4 nitrogen and oxygen atoms in total. The molecule has 0 amide bonds. The molecule has 4 unspecified atom stereocenters. The van der Waals surface area contributed by atoms with Crippen LogP contribution in [-0.2, 0) is 4.94 Å². The van der Waals surface area contributed by atoms with Crippen molar-refractivity contribution in [3.63, 3.8) is 0 Å². The van der Waals surface area contributed by atoms with E-state index in [1.165, 1.54) is 25.7 Å².